The summed E-state index contributed by atoms with van der Waals surface area (Å²) in [6.07, 6.45) is 2.31. The number of thiophene rings is 1. The van der Waals surface area contributed by atoms with Gasteiger partial charge in [0.25, 0.3) is 0 Å². The smallest absolute Gasteiger partial charge is 0.123 e. The number of fused-ring (bicyclic) bond motifs is 1. The lowest BCUT2D eigenvalue weighted by atomic mass is 10.0. The fraction of sp³-hybridized carbons (Fsp3) is 0.375. The van der Waals surface area contributed by atoms with Crippen LogP contribution in [0.1, 0.15) is 17.4 Å². The summed E-state index contributed by atoms with van der Waals surface area (Å²) in [6, 6.07) is 13.1. The Morgan fingerprint density at radius 3 is 2.95 bits per heavy atom. The van der Waals surface area contributed by atoms with Crippen LogP contribution in [0.2, 0.25) is 0 Å². The molecule has 2 aromatic rings. The number of hydrogen-bond acceptors (Lipinski definition) is 3. The van der Waals surface area contributed by atoms with E-state index in [1.807, 2.05) is 17.4 Å². The number of likely N-dealkylation sites (N-methyl/N-ethyl adjacent to an activating group) is 1. The van der Waals surface area contributed by atoms with Gasteiger partial charge in [-0.2, -0.15) is 0 Å². The first-order valence-corrected chi connectivity index (χ1v) is 7.75. The van der Waals surface area contributed by atoms with Crippen LogP contribution in [-0.4, -0.2) is 18.7 Å². The first kappa shape index (κ1) is 12.7. The van der Waals surface area contributed by atoms with Crippen LogP contribution in [0, 0.1) is 0 Å². The van der Waals surface area contributed by atoms with Gasteiger partial charge >= 0.3 is 0 Å². The van der Waals surface area contributed by atoms with Crippen LogP contribution in [0.3, 0.4) is 0 Å². The van der Waals surface area contributed by atoms with Gasteiger partial charge in [0, 0.05) is 23.8 Å². The van der Waals surface area contributed by atoms with Crippen LogP contribution in [0.4, 0.5) is 0 Å². The van der Waals surface area contributed by atoms with Gasteiger partial charge in [0.1, 0.15) is 11.9 Å². The zero-order valence-electron chi connectivity index (χ0n) is 11.1. The molecule has 2 heterocycles. The standard InChI is InChI=1S/C16H19NOS/c1-2-17-14(11-13-7-5-9-19-13)16-10-12-6-3-4-8-15(12)18-16/h3-9,14,16-17H,2,10-11H2,1H3. The molecule has 0 radical (unpaired) electrons. The highest BCUT2D eigenvalue weighted by Crippen LogP contribution is 2.30. The number of ether oxygens (including phenoxy) is 1. The van der Waals surface area contributed by atoms with Crippen molar-refractivity contribution in [2.24, 2.45) is 0 Å². The predicted octanol–water partition coefficient (Wildman–Crippen LogP) is 3.27. The summed E-state index contributed by atoms with van der Waals surface area (Å²) in [4.78, 5) is 1.42. The summed E-state index contributed by atoms with van der Waals surface area (Å²) in [5, 5.41) is 5.72. The third-order valence-corrected chi connectivity index (χ3v) is 4.49. The van der Waals surface area contributed by atoms with E-state index < -0.39 is 0 Å². The molecule has 0 amide bonds. The van der Waals surface area contributed by atoms with E-state index >= 15 is 0 Å². The van der Waals surface area contributed by atoms with Gasteiger partial charge in [-0.1, -0.05) is 31.2 Å². The van der Waals surface area contributed by atoms with Crippen molar-refractivity contribution in [2.75, 3.05) is 6.54 Å². The summed E-state index contributed by atoms with van der Waals surface area (Å²) >= 11 is 1.82. The second kappa shape index (κ2) is 5.76. The Morgan fingerprint density at radius 2 is 2.21 bits per heavy atom. The minimum absolute atomic E-state index is 0.249. The highest BCUT2D eigenvalue weighted by Gasteiger charge is 2.29. The number of para-hydroxylation sites is 1. The Bertz CT molecular complexity index is 498. The van der Waals surface area contributed by atoms with Gasteiger partial charge in [0.15, 0.2) is 0 Å². The third kappa shape index (κ3) is 2.82. The van der Waals surface area contributed by atoms with Crippen LogP contribution in [0.5, 0.6) is 5.75 Å². The van der Waals surface area contributed by atoms with E-state index in [1.165, 1.54) is 10.4 Å². The minimum Gasteiger partial charge on any atom is -0.488 e. The molecule has 1 N–H and O–H groups in total. The van der Waals surface area contributed by atoms with Crippen molar-refractivity contribution >= 4 is 11.3 Å². The molecule has 3 rings (SSSR count). The zero-order chi connectivity index (χ0) is 13.1. The normalized spacial score (nSPS) is 18.9. The van der Waals surface area contributed by atoms with Gasteiger partial charge in [-0.05, 0) is 29.6 Å². The van der Waals surface area contributed by atoms with Gasteiger partial charge in [0.05, 0.1) is 0 Å². The molecule has 0 saturated carbocycles. The maximum absolute atomic E-state index is 6.11. The molecular weight excluding hydrogens is 254 g/mol. The van der Waals surface area contributed by atoms with Crippen LogP contribution in [0.15, 0.2) is 41.8 Å². The Kier molecular flexibility index (Phi) is 3.85. The van der Waals surface area contributed by atoms with Crippen molar-refractivity contribution in [1.82, 2.24) is 5.32 Å². The Balaban J connectivity index is 1.72. The van der Waals surface area contributed by atoms with E-state index in [0.29, 0.717) is 6.04 Å². The van der Waals surface area contributed by atoms with Crippen molar-refractivity contribution in [3.8, 4) is 5.75 Å². The molecule has 2 atom stereocenters. The molecule has 1 aliphatic heterocycles. The lowest BCUT2D eigenvalue weighted by molar-refractivity contribution is 0.178. The average Bonchev–Trinajstić information content (AvgIpc) is 3.06. The van der Waals surface area contributed by atoms with E-state index in [-0.39, 0.29) is 6.10 Å². The largest absolute Gasteiger partial charge is 0.488 e. The number of benzene rings is 1. The fourth-order valence-electron chi connectivity index (χ4n) is 2.68. The van der Waals surface area contributed by atoms with E-state index in [2.05, 4.69) is 48.0 Å². The van der Waals surface area contributed by atoms with Crippen LogP contribution in [-0.2, 0) is 12.8 Å². The summed E-state index contributed by atoms with van der Waals surface area (Å²) < 4.78 is 6.11. The molecule has 1 aliphatic rings. The molecular formula is C16H19NOS. The monoisotopic (exact) mass is 273 g/mol. The summed E-state index contributed by atoms with van der Waals surface area (Å²) in [6.45, 7) is 3.13. The average molecular weight is 273 g/mol. The molecule has 0 bridgehead atoms. The van der Waals surface area contributed by atoms with Crippen molar-refractivity contribution in [2.45, 2.75) is 31.9 Å². The fourth-order valence-corrected chi connectivity index (χ4v) is 3.44. The van der Waals surface area contributed by atoms with Crippen molar-refractivity contribution in [1.29, 1.82) is 0 Å². The van der Waals surface area contributed by atoms with Gasteiger partial charge in [-0.25, -0.2) is 0 Å². The zero-order valence-corrected chi connectivity index (χ0v) is 12.0. The summed E-state index contributed by atoms with van der Waals surface area (Å²) in [7, 11) is 0. The van der Waals surface area contributed by atoms with Gasteiger partial charge in [-0.15, -0.1) is 11.3 Å². The highest BCUT2D eigenvalue weighted by atomic mass is 32.1. The maximum Gasteiger partial charge on any atom is 0.123 e. The molecule has 1 aromatic heterocycles. The van der Waals surface area contributed by atoms with E-state index in [0.717, 1.165) is 25.1 Å². The Hall–Kier alpha value is -1.32. The SMILES string of the molecule is CCNC(Cc1cccs1)C1Cc2ccccc2O1. The van der Waals surface area contributed by atoms with E-state index in [4.69, 9.17) is 4.74 Å². The lowest BCUT2D eigenvalue weighted by Gasteiger charge is -2.23. The molecule has 0 spiro atoms. The highest BCUT2D eigenvalue weighted by molar-refractivity contribution is 7.09. The van der Waals surface area contributed by atoms with Crippen LogP contribution >= 0.6 is 11.3 Å². The van der Waals surface area contributed by atoms with Crippen molar-refractivity contribution < 1.29 is 4.74 Å². The van der Waals surface area contributed by atoms with Crippen molar-refractivity contribution in [3.05, 3.63) is 52.2 Å². The molecule has 100 valence electrons. The third-order valence-electron chi connectivity index (χ3n) is 3.59. The van der Waals surface area contributed by atoms with E-state index in [1.54, 1.807) is 0 Å². The molecule has 0 aliphatic carbocycles. The minimum atomic E-state index is 0.249. The Morgan fingerprint density at radius 1 is 1.32 bits per heavy atom. The summed E-state index contributed by atoms with van der Waals surface area (Å²) in [5.74, 6) is 1.06. The predicted molar refractivity (Wildman–Crippen MR) is 80.0 cm³/mol. The molecule has 1 aromatic carbocycles. The molecule has 0 saturated heterocycles. The summed E-state index contributed by atoms with van der Waals surface area (Å²) in [5.41, 5.74) is 1.33. The molecule has 2 unspecified atom stereocenters. The molecule has 3 heteroatoms. The van der Waals surface area contributed by atoms with Gasteiger partial charge in [0.2, 0.25) is 0 Å². The quantitative estimate of drug-likeness (QED) is 0.902. The van der Waals surface area contributed by atoms with Crippen LogP contribution < -0.4 is 10.1 Å². The molecule has 2 nitrogen and oxygen atoms in total. The molecule has 19 heavy (non-hydrogen) atoms. The second-order valence-electron chi connectivity index (χ2n) is 4.92. The number of nitrogens with one attached hydrogen (secondary N) is 1. The molecule has 0 fully saturated rings. The Labute approximate surface area is 118 Å². The lowest BCUT2D eigenvalue weighted by Crippen LogP contribution is -2.43. The van der Waals surface area contributed by atoms with Crippen molar-refractivity contribution in [3.63, 3.8) is 0 Å². The van der Waals surface area contributed by atoms with Gasteiger partial charge < -0.3 is 10.1 Å². The first-order valence-electron chi connectivity index (χ1n) is 6.87. The second-order valence-corrected chi connectivity index (χ2v) is 5.95. The van der Waals surface area contributed by atoms with Crippen LogP contribution in [0.25, 0.3) is 0 Å². The van der Waals surface area contributed by atoms with E-state index in [9.17, 15) is 0 Å². The maximum atomic E-state index is 6.11. The first-order chi connectivity index (χ1) is 9.36. The topological polar surface area (TPSA) is 21.3 Å². The number of hydrogen-bond donors (Lipinski definition) is 1. The van der Waals surface area contributed by atoms with Gasteiger partial charge in [-0.3, -0.25) is 0 Å². The number of rotatable bonds is 5.